The summed E-state index contributed by atoms with van der Waals surface area (Å²) in [5.41, 5.74) is 2.53. The molecule has 0 amide bonds. The van der Waals surface area contributed by atoms with Gasteiger partial charge in [-0.05, 0) is 43.0 Å². The number of hydrogen-bond acceptors (Lipinski definition) is 2. The van der Waals surface area contributed by atoms with Gasteiger partial charge in [0.2, 0.25) is 0 Å². The van der Waals surface area contributed by atoms with Crippen molar-refractivity contribution in [2.45, 2.75) is 32.3 Å². The number of aliphatic hydroxyl groups is 1. The predicted molar refractivity (Wildman–Crippen MR) is 82.1 cm³/mol. The Morgan fingerprint density at radius 1 is 0.900 bits per heavy atom. The molecule has 106 valence electrons. The molecule has 0 aromatic heterocycles. The maximum absolute atomic E-state index is 9.27. The van der Waals surface area contributed by atoms with E-state index in [0.29, 0.717) is 6.61 Å². The molecule has 1 atom stereocenters. The molecule has 1 N–H and O–H groups in total. The Labute approximate surface area is 121 Å². The topological polar surface area (TPSA) is 29.5 Å². The molecule has 0 saturated carbocycles. The van der Waals surface area contributed by atoms with Crippen molar-refractivity contribution in [3.8, 4) is 5.75 Å². The average molecular weight is 270 g/mol. The van der Waals surface area contributed by atoms with E-state index in [1.807, 2.05) is 37.3 Å². The highest BCUT2D eigenvalue weighted by Crippen LogP contribution is 2.14. The van der Waals surface area contributed by atoms with Crippen molar-refractivity contribution in [3.05, 3.63) is 65.7 Å². The molecular formula is C18H22O2. The fraction of sp³-hybridized carbons (Fsp3) is 0.333. The van der Waals surface area contributed by atoms with E-state index in [4.69, 9.17) is 4.74 Å². The molecule has 0 aliphatic rings. The van der Waals surface area contributed by atoms with Crippen LogP contribution in [-0.2, 0) is 12.8 Å². The molecule has 0 bridgehead atoms. The second-order valence-electron chi connectivity index (χ2n) is 5.12. The van der Waals surface area contributed by atoms with Crippen LogP contribution in [0.4, 0.5) is 0 Å². The van der Waals surface area contributed by atoms with Crippen molar-refractivity contribution in [2.75, 3.05) is 6.61 Å². The fourth-order valence-corrected chi connectivity index (χ4v) is 2.06. The van der Waals surface area contributed by atoms with E-state index >= 15 is 0 Å². The summed E-state index contributed by atoms with van der Waals surface area (Å²) in [6, 6.07) is 18.5. The van der Waals surface area contributed by atoms with Crippen molar-refractivity contribution in [1.29, 1.82) is 0 Å². The SMILES string of the molecule is CC(O)CCc1ccc(OCCc2ccccc2)cc1. The molecule has 0 aliphatic carbocycles. The Kier molecular flexibility index (Phi) is 5.63. The zero-order valence-electron chi connectivity index (χ0n) is 12.0. The minimum Gasteiger partial charge on any atom is -0.493 e. The van der Waals surface area contributed by atoms with Crippen LogP contribution in [0.2, 0.25) is 0 Å². The van der Waals surface area contributed by atoms with Gasteiger partial charge in [0.1, 0.15) is 5.75 Å². The van der Waals surface area contributed by atoms with Crippen molar-refractivity contribution in [1.82, 2.24) is 0 Å². The number of aliphatic hydroxyl groups excluding tert-OH is 1. The first-order valence-electron chi connectivity index (χ1n) is 7.18. The van der Waals surface area contributed by atoms with Gasteiger partial charge in [-0.2, -0.15) is 0 Å². The maximum Gasteiger partial charge on any atom is 0.119 e. The van der Waals surface area contributed by atoms with E-state index in [2.05, 4.69) is 24.3 Å². The van der Waals surface area contributed by atoms with Crippen LogP contribution in [0.1, 0.15) is 24.5 Å². The molecule has 2 nitrogen and oxygen atoms in total. The third kappa shape index (κ3) is 5.06. The molecule has 0 fully saturated rings. The zero-order chi connectivity index (χ0) is 14.2. The number of aryl methyl sites for hydroxylation is 1. The number of hydrogen-bond donors (Lipinski definition) is 1. The van der Waals surface area contributed by atoms with Gasteiger partial charge >= 0.3 is 0 Å². The molecule has 2 rings (SSSR count). The van der Waals surface area contributed by atoms with Crippen LogP contribution in [0.5, 0.6) is 5.75 Å². The summed E-state index contributed by atoms with van der Waals surface area (Å²) in [6.45, 7) is 2.51. The molecule has 0 heterocycles. The highest BCUT2D eigenvalue weighted by atomic mass is 16.5. The Balaban J connectivity index is 1.76. The normalized spacial score (nSPS) is 12.1. The lowest BCUT2D eigenvalue weighted by atomic mass is 10.1. The van der Waals surface area contributed by atoms with Gasteiger partial charge < -0.3 is 9.84 Å². The van der Waals surface area contributed by atoms with Crippen LogP contribution in [-0.4, -0.2) is 17.8 Å². The van der Waals surface area contributed by atoms with Crippen LogP contribution >= 0.6 is 0 Å². The third-order valence-electron chi connectivity index (χ3n) is 3.28. The molecule has 2 aromatic carbocycles. The number of ether oxygens (including phenoxy) is 1. The van der Waals surface area contributed by atoms with Gasteiger partial charge in [0.05, 0.1) is 12.7 Å². The van der Waals surface area contributed by atoms with E-state index < -0.39 is 0 Å². The lowest BCUT2D eigenvalue weighted by Crippen LogP contribution is -2.02. The first-order valence-corrected chi connectivity index (χ1v) is 7.18. The summed E-state index contributed by atoms with van der Waals surface area (Å²) >= 11 is 0. The van der Waals surface area contributed by atoms with Crippen LogP contribution in [0.25, 0.3) is 0 Å². The largest absolute Gasteiger partial charge is 0.493 e. The summed E-state index contributed by atoms with van der Waals surface area (Å²) < 4.78 is 5.74. The van der Waals surface area contributed by atoms with Gasteiger partial charge in [0, 0.05) is 6.42 Å². The average Bonchev–Trinajstić information content (AvgIpc) is 2.47. The minimum absolute atomic E-state index is 0.239. The molecule has 0 spiro atoms. The highest BCUT2D eigenvalue weighted by Gasteiger charge is 1.99. The molecule has 2 heteroatoms. The van der Waals surface area contributed by atoms with Crippen LogP contribution in [0, 0.1) is 0 Å². The fourth-order valence-electron chi connectivity index (χ4n) is 2.06. The van der Waals surface area contributed by atoms with Gasteiger partial charge in [-0.3, -0.25) is 0 Å². The monoisotopic (exact) mass is 270 g/mol. The molecule has 0 radical (unpaired) electrons. The second-order valence-corrected chi connectivity index (χ2v) is 5.12. The van der Waals surface area contributed by atoms with Crippen molar-refractivity contribution in [3.63, 3.8) is 0 Å². The van der Waals surface area contributed by atoms with E-state index in [1.54, 1.807) is 0 Å². The van der Waals surface area contributed by atoms with Gasteiger partial charge in [0.15, 0.2) is 0 Å². The van der Waals surface area contributed by atoms with Crippen LogP contribution in [0.15, 0.2) is 54.6 Å². The maximum atomic E-state index is 9.27. The van der Waals surface area contributed by atoms with E-state index in [0.717, 1.165) is 25.0 Å². The van der Waals surface area contributed by atoms with Crippen molar-refractivity contribution < 1.29 is 9.84 Å². The molecule has 20 heavy (non-hydrogen) atoms. The smallest absolute Gasteiger partial charge is 0.119 e. The van der Waals surface area contributed by atoms with E-state index in [9.17, 15) is 5.11 Å². The Morgan fingerprint density at radius 2 is 1.55 bits per heavy atom. The molecular weight excluding hydrogens is 248 g/mol. The number of rotatable bonds is 7. The molecule has 0 aliphatic heterocycles. The standard InChI is InChI=1S/C18H22O2/c1-15(19)7-8-17-9-11-18(12-10-17)20-14-13-16-5-3-2-4-6-16/h2-6,9-12,15,19H,7-8,13-14H2,1H3. The van der Waals surface area contributed by atoms with E-state index in [-0.39, 0.29) is 6.10 Å². The van der Waals surface area contributed by atoms with Crippen molar-refractivity contribution in [2.24, 2.45) is 0 Å². The lowest BCUT2D eigenvalue weighted by molar-refractivity contribution is 0.185. The summed E-state index contributed by atoms with van der Waals surface area (Å²) in [7, 11) is 0. The second kappa shape index (κ2) is 7.71. The minimum atomic E-state index is -0.239. The zero-order valence-corrected chi connectivity index (χ0v) is 12.0. The highest BCUT2D eigenvalue weighted by molar-refractivity contribution is 5.27. The third-order valence-corrected chi connectivity index (χ3v) is 3.28. The first-order chi connectivity index (χ1) is 9.74. The quantitative estimate of drug-likeness (QED) is 0.832. The van der Waals surface area contributed by atoms with Crippen LogP contribution in [0.3, 0.4) is 0 Å². The van der Waals surface area contributed by atoms with Gasteiger partial charge in [0.25, 0.3) is 0 Å². The summed E-state index contributed by atoms with van der Waals surface area (Å²) in [5, 5.41) is 9.27. The molecule has 0 saturated heterocycles. The summed E-state index contributed by atoms with van der Waals surface area (Å²) in [5.74, 6) is 0.904. The van der Waals surface area contributed by atoms with Gasteiger partial charge in [-0.25, -0.2) is 0 Å². The lowest BCUT2D eigenvalue weighted by Gasteiger charge is -2.08. The first kappa shape index (κ1) is 14.6. The van der Waals surface area contributed by atoms with Gasteiger partial charge in [-0.1, -0.05) is 42.5 Å². The van der Waals surface area contributed by atoms with Gasteiger partial charge in [-0.15, -0.1) is 0 Å². The number of benzene rings is 2. The Morgan fingerprint density at radius 3 is 2.20 bits per heavy atom. The summed E-state index contributed by atoms with van der Waals surface area (Å²) in [4.78, 5) is 0. The Hall–Kier alpha value is -1.80. The van der Waals surface area contributed by atoms with Crippen molar-refractivity contribution >= 4 is 0 Å². The Bertz CT molecular complexity index is 489. The molecule has 1 unspecified atom stereocenters. The molecule has 2 aromatic rings. The summed E-state index contributed by atoms with van der Waals surface area (Å²) in [6.07, 6.45) is 2.39. The van der Waals surface area contributed by atoms with E-state index in [1.165, 1.54) is 11.1 Å². The predicted octanol–water partition coefficient (Wildman–Crippen LogP) is 3.62. The van der Waals surface area contributed by atoms with Crippen LogP contribution < -0.4 is 4.74 Å².